The molecule has 8 heteroatoms. The molecule has 1 aliphatic heterocycles. The van der Waals surface area contributed by atoms with Crippen LogP contribution in [0.2, 0.25) is 0 Å². The first-order chi connectivity index (χ1) is 12.6. The van der Waals surface area contributed by atoms with Crippen LogP contribution in [-0.2, 0) is 7.05 Å². The second-order valence-electron chi connectivity index (χ2n) is 6.64. The van der Waals surface area contributed by atoms with Crippen molar-refractivity contribution in [1.82, 2.24) is 30.0 Å². The van der Waals surface area contributed by atoms with Crippen LogP contribution in [0.3, 0.4) is 0 Å². The van der Waals surface area contributed by atoms with Gasteiger partial charge in [-0.05, 0) is 31.9 Å². The van der Waals surface area contributed by atoms with Crippen molar-refractivity contribution in [3.8, 4) is 0 Å². The van der Waals surface area contributed by atoms with Gasteiger partial charge >= 0.3 is 0 Å². The molecule has 0 radical (unpaired) electrons. The van der Waals surface area contributed by atoms with Gasteiger partial charge in [-0.25, -0.2) is 9.97 Å². The third-order valence-electron chi connectivity index (χ3n) is 4.82. The quantitative estimate of drug-likeness (QED) is 0.769. The van der Waals surface area contributed by atoms with Gasteiger partial charge in [-0.3, -0.25) is 14.5 Å². The van der Waals surface area contributed by atoms with Crippen LogP contribution in [0.4, 0.5) is 5.82 Å². The summed E-state index contributed by atoms with van der Waals surface area (Å²) < 4.78 is 1.71. The Morgan fingerprint density at radius 2 is 2.23 bits per heavy atom. The average molecular weight is 351 g/mol. The van der Waals surface area contributed by atoms with E-state index in [-0.39, 0.29) is 11.9 Å². The summed E-state index contributed by atoms with van der Waals surface area (Å²) in [5.41, 5.74) is 2.25. The summed E-state index contributed by atoms with van der Waals surface area (Å²) in [4.78, 5) is 27.6. The molecule has 0 aliphatic carbocycles. The molecule has 1 amide bonds. The zero-order valence-corrected chi connectivity index (χ0v) is 14.9. The van der Waals surface area contributed by atoms with Crippen LogP contribution < -0.4 is 10.2 Å². The highest BCUT2D eigenvalue weighted by molar-refractivity contribution is 5.92. The highest BCUT2D eigenvalue weighted by Crippen LogP contribution is 2.25. The van der Waals surface area contributed by atoms with Crippen molar-refractivity contribution in [2.24, 2.45) is 7.05 Å². The summed E-state index contributed by atoms with van der Waals surface area (Å²) in [6.07, 6.45) is 6.99. The highest BCUT2D eigenvalue weighted by Gasteiger charge is 2.24. The first-order valence-corrected chi connectivity index (χ1v) is 8.73. The van der Waals surface area contributed by atoms with Crippen LogP contribution in [0.5, 0.6) is 0 Å². The first kappa shape index (κ1) is 16.4. The number of rotatable bonds is 3. The number of carbonyl (C=O) groups is 1. The minimum Gasteiger partial charge on any atom is -0.354 e. The van der Waals surface area contributed by atoms with Crippen molar-refractivity contribution < 1.29 is 4.79 Å². The smallest absolute Gasteiger partial charge is 0.272 e. The number of nitrogens with zero attached hydrogens (tertiary/aromatic N) is 6. The summed E-state index contributed by atoms with van der Waals surface area (Å²) in [6, 6.07) is 3.80. The molecule has 0 bridgehead atoms. The number of aromatic nitrogens is 5. The standard InChI is InChI=1S/C18H21N7O/c1-12-8-15(23-24(12)2)18(26)22-13-4-3-7-25(10-13)17-14-5-6-19-9-16(14)20-11-21-17/h5-6,8-9,11,13H,3-4,7,10H2,1-2H3,(H,22,26). The molecule has 1 fully saturated rings. The number of hydrogen-bond acceptors (Lipinski definition) is 6. The van der Waals surface area contributed by atoms with Crippen LogP contribution in [-0.4, -0.2) is 49.8 Å². The van der Waals surface area contributed by atoms with E-state index in [0.29, 0.717) is 12.2 Å². The number of nitrogens with one attached hydrogen (secondary N) is 1. The van der Waals surface area contributed by atoms with Crippen LogP contribution in [0.15, 0.2) is 30.9 Å². The van der Waals surface area contributed by atoms with Gasteiger partial charge in [0.05, 0.1) is 11.7 Å². The van der Waals surface area contributed by atoms with Gasteiger partial charge in [0.25, 0.3) is 5.91 Å². The Bertz CT molecular complexity index is 927. The molecule has 0 aromatic carbocycles. The molecule has 4 heterocycles. The van der Waals surface area contributed by atoms with Gasteiger partial charge in [0, 0.05) is 43.5 Å². The van der Waals surface area contributed by atoms with E-state index in [2.05, 4.69) is 30.3 Å². The molecule has 3 aromatic rings. The molecule has 1 aliphatic rings. The lowest BCUT2D eigenvalue weighted by molar-refractivity contribution is 0.0927. The Morgan fingerprint density at radius 3 is 3.04 bits per heavy atom. The summed E-state index contributed by atoms with van der Waals surface area (Å²) in [7, 11) is 1.84. The molecule has 4 rings (SSSR count). The normalized spacial score (nSPS) is 17.5. The lowest BCUT2D eigenvalue weighted by atomic mass is 10.0. The number of pyridine rings is 1. The summed E-state index contributed by atoms with van der Waals surface area (Å²) >= 11 is 0. The minimum absolute atomic E-state index is 0.0606. The lowest BCUT2D eigenvalue weighted by Gasteiger charge is -2.34. The van der Waals surface area contributed by atoms with E-state index >= 15 is 0 Å². The van der Waals surface area contributed by atoms with Gasteiger partial charge in [0.15, 0.2) is 0 Å². The van der Waals surface area contributed by atoms with E-state index in [1.54, 1.807) is 29.5 Å². The second-order valence-corrected chi connectivity index (χ2v) is 6.64. The Hall–Kier alpha value is -3.03. The molecule has 3 aromatic heterocycles. The third-order valence-corrected chi connectivity index (χ3v) is 4.82. The summed E-state index contributed by atoms with van der Waals surface area (Å²) in [5, 5.41) is 8.35. The molecular formula is C18H21N7O. The average Bonchev–Trinajstić information content (AvgIpc) is 3.00. The maximum absolute atomic E-state index is 12.5. The molecule has 1 unspecified atom stereocenters. The molecule has 0 spiro atoms. The predicted octanol–water partition coefficient (Wildman–Crippen LogP) is 1.47. The van der Waals surface area contributed by atoms with E-state index in [4.69, 9.17) is 0 Å². The predicted molar refractivity (Wildman–Crippen MR) is 98.0 cm³/mol. The minimum atomic E-state index is -0.128. The van der Waals surface area contributed by atoms with Crippen molar-refractivity contribution in [2.45, 2.75) is 25.8 Å². The van der Waals surface area contributed by atoms with Crippen LogP contribution >= 0.6 is 0 Å². The third kappa shape index (κ3) is 3.10. The lowest BCUT2D eigenvalue weighted by Crippen LogP contribution is -2.48. The van der Waals surface area contributed by atoms with E-state index in [9.17, 15) is 4.79 Å². The van der Waals surface area contributed by atoms with Gasteiger partial charge in [-0.1, -0.05) is 0 Å². The maximum Gasteiger partial charge on any atom is 0.272 e. The number of fused-ring (bicyclic) bond motifs is 1. The van der Waals surface area contributed by atoms with Crippen molar-refractivity contribution in [2.75, 3.05) is 18.0 Å². The van der Waals surface area contributed by atoms with E-state index in [1.165, 1.54) is 0 Å². The van der Waals surface area contributed by atoms with Gasteiger partial charge in [0.2, 0.25) is 0 Å². The van der Waals surface area contributed by atoms with Gasteiger partial charge in [-0.2, -0.15) is 5.10 Å². The highest BCUT2D eigenvalue weighted by atomic mass is 16.2. The van der Waals surface area contributed by atoms with E-state index < -0.39 is 0 Å². The zero-order chi connectivity index (χ0) is 18.1. The summed E-state index contributed by atoms with van der Waals surface area (Å²) in [6.45, 7) is 3.55. The Labute approximate surface area is 151 Å². The van der Waals surface area contributed by atoms with Crippen LogP contribution in [0.25, 0.3) is 10.9 Å². The molecule has 134 valence electrons. The fourth-order valence-electron chi connectivity index (χ4n) is 3.36. The molecule has 0 saturated carbocycles. The molecule has 1 N–H and O–H groups in total. The number of carbonyl (C=O) groups excluding carboxylic acids is 1. The molecule has 1 atom stereocenters. The number of hydrogen-bond donors (Lipinski definition) is 1. The zero-order valence-electron chi connectivity index (χ0n) is 14.9. The fraction of sp³-hybridized carbons (Fsp3) is 0.389. The van der Waals surface area contributed by atoms with Crippen molar-refractivity contribution in [1.29, 1.82) is 0 Å². The Kier molecular flexibility index (Phi) is 4.24. The topological polar surface area (TPSA) is 88.8 Å². The number of anilines is 1. The SMILES string of the molecule is Cc1cc(C(=O)NC2CCCN(c3ncnc4cnccc34)C2)nn1C. The van der Waals surface area contributed by atoms with E-state index in [1.807, 2.05) is 20.0 Å². The molecule has 26 heavy (non-hydrogen) atoms. The van der Waals surface area contributed by atoms with Crippen molar-refractivity contribution in [3.63, 3.8) is 0 Å². The summed E-state index contributed by atoms with van der Waals surface area (Å²) in [5.74, 6) is 0.766. The maximum atomic E-state index is 12.5. The monoisotopic (exact) mass is 351 g/mol. The van der Waals surface area contributed by atoms with Crippen LogP contribution in [0.1, 0.15) is 29.0 Å². The van der Waals surface area contributed by atoms with Crippen molar-refractivity contribution >= 4 is 22.6 Å². The second kappa shape index (κ2) is 6.70. The Morgan fingerprint density at radius 1 is 1.35 bits per heavy atom. The van der Waals surface area contributed by atoms with Gasteiger partial charge < -0.3 is 10.2 Å². The van der Waals surface area contributed by atoms with Gasteiger partial charge in [-0.15, -0.1) is 0 Å². The molecule has 1 saturated heterocycles. The molecular weight excluding hydrogens is 330 g/mol. The van der Waals surface area contributed by atoms with E-state index in [0.717, 1.165) is 41.8 Å². The number of aryl methyl sites for hydroxylation is 2. The largest absolute Gasteiger partial charge is 0.354 e. The number of amides is 1. The van der Waals surface area contributed by atoms with Crippen molar-refractivity contribution in [3.05, 3.63) is 42.2 Å². The first-order valence-electron chi connectivity index (χ1n) is 8.73. The Balaban J connectivity index is 1.51. The van der Waals surface area contributed by atoms with Crippen LogP contribution in [0, 0.1) is 6.92 Å². The van der Waals surface area contributed by atoms with Gasteiger partial charge in [0.1, 0.15) is 17.8 Å². The fourth-order valence-corrected chi connectivity index (χ4v) is 3.36. The number of piperidine rings is 1. The molecule has 8 nitrogen and oxygen atoms in total.